The van der Waals surface area contributed by atoms with Crippen LogP contribution in [-0.4, -0.2) is 22.7 Å². The molecule has 0 aliphatic carbocycles. The molecule has 88 valence electrons. The fourth-order valence-corrected chi connectivity index (χ4v) is 1.77. The minimum atomic E-state index is -0.454. The molecule has 0 aliphatic heterocycles. The van der Waals surface area contributed by atoms with E-state index in [2.05, 4.69) is 6.07 Å². The van der Waals surface area contributed by atoms with Gasteiger partial charge in [0.2, 0.25) is 5.91 Å². The first-order valence-corrected chi connectivity index (χ1v) is 5.96. The minimum Gasteiger partial charge on any atom is -0.337 e. The zero-order chi connectivity index (χ0) is 12.1. The van der Waals surface area contributed by atoms with Gasteiger partial charge in [-0.3, -0.25) is 4.79 Å². The van der Waals surface area contributed by atoms with Crippen molar-refractivity contribution in [3.63, 3.8) is 0 Å². The van der Waals surface area contributed by atoms with Crippen LogP contribution in [0.3, 0.4) is 0 Å². The van der Waals surface area contributed by atoms with E-state index in [4.69, 9.17) is 11.6 Å². The average Bonchev–Trinajstić information content (AvgIpc) is 2.25. The van der Waals surface area contributed by atoms with Crippen molar-refractivity contribution in [2.45, 2.75) is 32.7 Å². The lowest BCUT2D eigenvalue weighted by molar-refractivity contribution is -0.130. The molecule has 0 fully saturated rings. The van der Waals surface area contributed by atoms with Crippen LogP contribution >= 0.6 is 11.6 Å². The fraction of sp³-hybridized carbons (Fsp3) is 0.462. The zero-order valence-corrected chi connectivity index (χ0v) is 10.8. The molecule has 0 heterocycles. The summed E-state index contributed by atoms with van der Waals surface area (Å²) in [6.07, 6.45) is 0. The van der Waals surface area contributed by atoms with Gasteiger partial charge >= 0.3 is 0 Å². The van der Waals surface area contributed by atoms with Crippen LogP contribution in [0.15, 0.2) is 24.3 Å². The van der Waals surface area contributed by atoms with Crippen molar-refractivity contribution in [2.24, 2.45) is 0 Å². The van der Waals surface area contributed by atoms with Crippen LogP contribution in [0.1, 0.15) is 25.0 Å². The SMILES string of the molecule is CCN(Cc1cccc(C)c1)C(=O)C(C)Cl. The van der Waals surface area contributed by atoms with Crippen molar-refractivity contribution < 1.29 is 4.79 Å². The first kappa shape index (κ1) is 13.0. The van der Waals surface area contributed by atoms with Gasteiger partial charge in [-0.2, -0.15) is 0 Å². The highest BCUT2D eigenvalue weighted by Gasteiger charge is 2.16. The van der Waals surface area contributed by atoms with Crippen molar-refractivity contribution in [3.05, 3.63) is 35.4 Å². The van der Waals surface area contributed by atoms with E-state index in [1.54, 1.807) is 11.8 Å². The molecule has 0 N–H and O–H groups in total. The molecule has 0 aromatic heterocycles. The highest BCUT2D eigenvalue weighted by atomic mass is 35.5. The van der Waals surface area contributed by atoms with Gasteiger partial charge in [0, 0.05) is 13.1 Å². The first-order chi connectivity index (χ1) is 7.54. The number of halogens is 1. The molecule has 0 aliphatic rings. The number of alkyl halides is 1. The highest BCUT2D eigenvalue weighted by Crippen LogP contribution is 2.10. The predicted octanol–water partition coefficient (Wildman–Crippen LogP) is 2.97. The van der Waals surface area contributed by atoms with Crippen LogP contribution in [0.2, 0.25) is 0 Å². The van der Waals surface area contributed by atoms with Crippen LogP contribution < -0.4 is 0 Å². The molecular weight excluding hydrogens is 222 g/mol. The molecule has 1 aromatic rings. The second-order valence-electron chi connectivity index (χ2n) is 3.96. The number of rotatable bonds is 4. The Morgan fingerprint density at radius 1 is 1.50 bits per heavy atom. The third-order valence-electron chi connectivity index (χ3n) is 2.49. The van der Waals surface area contributed by atoms with Gasteiger partial charge in [-0.05, 0) is 26.3 Å². The Morgan fingerprint density at radius 3 is 2.69 bits per heavy atom. The summed E-state index contributed by atoms with van der Waals surface area (Å²) in [5.74, 6) is -0.00864. The summed E-state index contributed by atoms with van der Waals surface area (Å²) in [6.45, 7) is 7.04. The van der Waals surface area contributed by atoms with Crippen LogP contribution in [0.4, 0.5) is 0 Å². The summed E-state index contributed by atoms with van der Waals surface area (Å²) in [4.78, 5) is 13.5. The van der Waals surface area contributed by atoms with E-state index in [1.807, 2.05) is 32.0 Å². The van der Waals surface area contributed by atoms with Gasteiger partial charge < -0.3 is 4.90 Å². The van der Waals surface area contributed by atoms with Gasteiger partial charge in [0.05, 0.1) is 0 Å². The van der Waals surface area contributed by atoms with Gasteiger partial charge in [0.1, 0.15) is 5.38 Å². The summed E-state index contributed by atoms with van der Waals surface area (Å²) in [6, 6.07) is 8.18. The van der Waals surface area contributed by atoms with E-state index in [-0.39, 0.29) is 5.91 Å². The van der Waals surface area contributed by atoms with E-state index in [0.717, 1.165) is 5.56 Å². The first-order valence-electron chi connectivity index (χ1n) is 5.53. The average molecular weight is 240 g/mol. The predicted molar refractivity (Wildman–Crippen MR) is 67.6 cm³/mol. The molecule has 1 amide bonds. The molecule has 1 aromatic carbocycles. The number of carbonyl (C=O) groups is 1. The lowest BCUT2D eigenvalue weighted by atomic mass is 10.1. The molecule has 1 rings (SSSR count). The monoisotopic (exact) mass is 239 g/mol. The molecular formula is C13H18ClNO. The number of hydrogen-bond acceptors (Lipinski definition) is 1. The van der Waals surface area contributed by atoms with Crippen LogP contribution in [0.5, 0.6) is 0 Å². The van der Waals surface area contributed by atoms with Crippen molar-refractivity contribution >= 4 is 17.5 Å². The van der Waals surface area contributed by atoms with Crippen LogP contribution in [-0.2, 0) is 11.3 Å². The summed E-state index contributed by atoms with van der Waals surface area (Å²) < 4.78 is 0. The smallest absolute Gasteiger partial charge is 0.240 e. The molecule has 2 nitrogen and oxygen atoms in total. The topological polar surface area (TPSA) is 20.3 Å². The van der Waals surface area contributed by atoms with E-state index in [9.17, 15) is 4.79 Å². The van der Waals surface area contributed by atoms with Gasteiger partial charge in [-0.1, -0.05) is 29.8 Å². The summed E-state index contributed by atoms with van der Waals surface area (Å²) in [5, 5.41) is -0.454. The van der Waals surface area contributed by atoms with E-state index >= 15 is 0 Å². The maximum atomic E-state index is 11.8. The standard InChI is InChI=1S/C13H18ClNO/c1-4-15(13(16)11(3)14)9-12-7-5-6-10(2)8-12/h5-8,11H,4,9H2,1-3H3. The van der Waals surface area contributed by atoms with Gasteiger partial charge in [0.25, 0.3) is 0 Å². The molecule has 0 saturated heterocycles. The normalized spacial score (nSPS) is 12.2. The summed E-state index contributed by atoms with van der Waals surface area (Å²) in [7, 11) is 0. The van der Waals surface area contributed by atoms with Crippen LogP contribution in [0, 0.1) is 6.92 Å². The Kier molecular flexibility index (Phi) is 4.81. The highest BCUT2D eigenvalue weighted by molar-refractivity contribution is 6.30. The Labute approximate surface area is 102 Å². The number of amides is 1. The molecule has 0 bridgehead atoms. The minimum absolute atomic E-state index is 0.00864. The number of carbonyl (C=O) groups excluding carboxylic acids is 1. The van der Waals surface area contributed by atoms with Crippen molar-refractivity contribution in [1.29, 1.82) is 0 Å². The molecule has 3 heteroatoms. The Hall–Kier alpha value is -1.02. The van der Waals surface area contributed by atoms with Gasteiger partial charge in [0.15, 0.2) is 0 Å². The number of nitrogens with zero attached hydrogens (tertiary/aromatic N) is 1. The summed E-state index contributed by atoms with van der Waals surface area (Å²) >= 11 is 5.81. The second kappa shape index (κ2) is 5.90. The van der Waals surface area contributed by atoms with Crippen LogP contribution in [0.25, 0.3) is 0 Å². The molecule has 16 heavy (non-hydrogen) atoms. The third kappa shape index (κ3) is 3.53. The van der Waals surface area contributed by atoms with Crippen molar-refractivity contribution in [3.8, 4) is 0 Å². The molecule has 1 atom stereocenters. The Balaban J connectivity index is 2.74. The summed E-state index contributed by atoms with van der Waals surface area (Å²) in [5.41, 5.74) is 2.35. The van der Waals surface area contributed by atoms with Crippen molar-refractivity contribution in [1.82, 2.24) is 4.90 Å². The third-order valence-corrected chi connectivity index (χ3v) is 2.68. The van der Waals surface area contributed by atoms with E-state index in [0.29, 0.717) is 13.1 Å². The van der Waals surface area contributed by atoms with E-state index < -0.39 is 5.38 Å². The Bertz CT molecular complexity index is 363. The largest absolute Gasteiger partial charge is 0.337 e. The fourth-order valence-electron chi connectivity index (χ4n) is 1.63. The molecule has 0 radical (unpaired) electrons. The lowest BCUT2D eigenvalue weighted by Gasteiger charge is -2.22. The van der Waals surface area contributed by atoms with Gasteiger partial charge in [-0.15, -0.1) is 11.6 Å². The quantitative estimate of drug-likeness (QED) is 0.740. The number of benzene rings is 1. The maximum Gasteiger partial charge on any atom is 0.240 e. The number of hydrogen-bond donors (Lipinski definition) is 0. The second-order valence-corrected chi connectivity index (χ2v) is 4.61. The maximum absolute atomic E-state index is 11.8. The molecule has 1 unspecified atom stereocenters. The van der Waals surface area contributed by atoms with Crippen molar-refractivity contribution in [2.75, 3.05) is 6.54 Å². The van der Waals surface area contributed by atoms with Gasteiger partial charge in [-0.25, -0.2) is 0 Å². The Morgan fingerprint density at radius 2 is 2.19 bits per heavy atom. The molecule has 0 saturated carbocycles. The molecule has 0 spiro atoms. The van der Waals surface area contributed by atoms with E-state index in [1.165, 1.54) is 5.56 Å². The zero-order valence-electron chi connectivity index (χ0n) is 10.0. The lowest BCUT2D eigenvalue weighted by Crippen LogP contribution is -2.35. The number of aryl methyl sites for hydroxylation is 1.